The van der Waals surface area contributed by atoms with E-state index in [2.05, 4.69) is 25.8 Å². The van der Waals surface area contributed by atoms with Gasteiger partial charge in [-0.25, -0.2) is 0 Å². The zero-order chi connectivity index (χ0) is 8.69. The van der Waals surface area contributed by atoms with Crippen LogP contribution in [0, 0.1) is 5.92 Å². The molecule has 1 unspecified atom stereocenters. The third kappa shape index (κ3) is 6.32. The summed E-state index contributed by atoms with van der Waals surface area (Å²) in [5, 5.41) is 0. The van der Waals surface area contributed by atoms with E-state index in [0.717, 1.165) is 19.0 Å². The van der Waals surface area contributed by atoms with E-state index in [1.165, 1.54) is 19.4 Å². The average molecular weight is 158 g/mol. The van der Waals surface area contributed by atoms with Gasteiger partial charge < -0.3 is 10.6 Å². The summed E-state index contributed by atoms with van der Waals surface area (Å²) < 4.78 is 0. The van der Waals surface area contributed by atoms with Crippen molar-refractivity contribution in [1.82, 2.24) is 4.90 Å². The molecule has 0 rings (SSSR count). The Morgan fingerprint density at radius 1 is 1.45 bits per heavy atom. The SMILES string of the molecule is CCN(C)CC(C)CCCN. The first kappa shape index (κ1) is 10.9. The van der Waals surface area contributed by atoms with Gasteiger partial charge in [-0.05, 0) is 38.9 Å². The van der Waals surface area contributed by atoms with E-state index in [1.807, 2.05) is 0 Å². The Kier molecular flexibility index (Phi) is 6.57. The topological polar surface area (TPSA) is 29.3 Å². The first-order valence-corrected chi connectivity index (χ1v) is 4.59. The van der Waals surface area contributed by atoms with Crippen LogP contribution in [0.3, 0.4) is 0 Å². The lowest BCUT2D eigenvalue weighted by Gasteiger charge is -2.18. The van der Waals surface area contributed by atoms with Gasteiger partial charge in [0.2, 0.25) is 0 Å². The van der Waals surface area contributed by atoms with Gasteiger partial charge in [0.15, 0.2) is 0 Å². The predicted molar refractivity (Wildman–Crippen MR) is 50.6 cm³/mol. The summed E-state index contributed by atoms with van der Waals surface area (Å²) >= 11 is 0. The second-order valence-corrected chi connectivity index (χ2v) is 3.39. The molecule has 0 aromatic rings. The van der Waals surface area contributed by atoms with Crippen LogP contribution in [0.2, 0.25) is 0 Å². The molecular formula is C9H22N2. The molecule has 0 aromatic carbocycles. The molecule has 0 amide bonds. The Morgan fingerprint density at radius 3 is 2.55 bits per heavy atom. The van der Waals surface area contributed by atoms with Gasteiger partial charge in [-0.1, -0.05) is 13.8 Å². The number of nitrogens with two attached hydrogens (primary N) is 1. The van der Waals surface area contributed by atoms with Crippen LogP contribution >= 0.6 is 0 Å². The normalized spacial score (nSPS) is 13.9. The molecular weight excluding hydrogens is 136 g/mol. The van der Waals surface area contributed by atoms with E-state index >= 15 is 0 Å². The van der Waals surface area contributed by atoms with E-state index in [1.54, 1.807) is 0 Å². The highest BCUT2D eigenvalue weighted by Crippen LogP contribution is 2.05. The molecule has 0 saturated carbocycles. The van der Waals surface area contributed by atoms with Crippen LogP contribution in [0.1, 0.15) is 26.7 Å². The molecule has 0 saturated heterocycles. The van der Waals surface area contributed by atoms with E-state index in [9.17, 15) is 0 Å². The Bertz CT molecular complexity index is 83.6. The quantitative estimate of drug-likeness (QED) is 0.631. The van der Waals surface area contributed by atoms with Gasteiger partial charge in [0.05, 0.1) is 0 Å². The summed E-state index contributed by atoms with van der Waals surface area (Å²) in [6.45, 7) is 7.67. The summed E-state index contributed by atoms with van der Waals surface area (Å²) in [4.78, 5) is 2.35. The average Bonchev–Trinajstić information content (AvgIpc) is 2.00. The molecule has 2 heteroatoms. The van der Waals surface area contributed by atoms with Crippen LogP contribution in [-0.4, -0.2) is 31.6 Å². The molecule has 0 fully saturated rings. The van der Waals surface area contributed by atoms with Gasteiger partial charge in [0, 0.05) is 6.54 Å². The van der Waals surface area contributed by atoms with Crippen molar-refractivity contribution in [3.05, 3.63) is 0 Å². The van der Waals surface area contributed by atoms with Crippen molar-refractivity contribution in [1.29, 1.82) is 0 Å². The molecule has 1 atom stereocenters. The minimum absolute atomic E-state index is 0.795. The fraction of sp³-hybridized carbons (Fsp3) is 1.00. The van der Waals surface area contributed by atoms with Gasteiger partial charge in [-0.3, -0.25) is 0 Å². The van der Waals surface area contributed by atoms with Gasteiger partial charge >= 0.3 is 0 Å². The lowest BCUT2D eigenvalue weighted by atomic mass is 10.1. The van der Waals surface area contributed by atoms with E-state index in [0.29, 0.717) is 0 Å². The third-order valence-electron chi connectivity index (χ3n) is 2.06. The van der Waals surface area contributed by atoms with Crippen LogP contribution in [-0.2, 0) is 0 Å². The Morgan fingerprint density at radius 2 is 2.09 bits per heavy atom. The molecule has 0 aliphatic rings. The van der Waals surface area contributed by atoms with E-state index in [-0.39, 0.29) is 0 Å². The molecule has 0 bridgehead atoms. The molecule has 0 spiro atoms. The van der Waals surface area contributed by atoms with Crippen molar-refractivity contribution < 1.29 is 0 Å². The molecule has 11 heavy (non-hydrogen) atoms. The lowest BCUT2D eigenvalue weighted by molar-refractivity contribution is 0.289. The molecule has 0 aliphatic carbocycles. The van der Waals surface area contributed by atoms with Crippen LogP contribution in [0.4, 0.5) is 0 Å². The second-order valence-electron chi connectivity index (χ2n) is 3.39. The number of nitrogens with zero attached hydrogens (tertiary/aromatic N) is 1. The summed E-state index contributed by atoms with van der Waals surface area (Å²) in [6.07, 6.45) is 2.43. The zero-order valence-corrected chi connectivity index (χ0v) is 8.14. The highest BCUT2D eigenvalue weighted by molar-refractivity contribution is 4.58. The molecule has 0 aromatic heterocycles. The molecule has 68 valence electrons. The first-order valence-electron chi connectivity index (χ1n) is 4.59. The number of hydrogen-bond acceptors (Lipinski definition) is 2. The van der Waals surface area contributed by atoms with Crippen LogP contribution < -0.4 is 5.73 Å². The van der Waals surface area contributed by atoms with Crippen molar-refractivity contribution >= 4 is 0 Å². The molecule has 0 aliphatic heterocycles. The summed E-state index contributed by atoms with van der Waals surface area (Å²) in [6, 6.07) is 0. The van der Waals surface area contributed by atoms with Crippen LogP contribution in [0.15, 0.2) is 0 Å². The second kappa shape index (κ2) is 6.62. The van der Waals surface area contributed by atoms with Gasteiger partial charge in [0.25, 0.3) is 0 Å². The Balaban J connectivity index is 3.27. The fourth-order valence-corrected chi connectivity index (χ4v) is 1.22. The summed E-state index contributed by atoms with van der Waals surface area (Å²) in [7, 11) is 2.17. The monoisotopic (exact) mass is 158 g/mol. The lowest BCUT2D eigenvalue weighted by Crippen LogP contribution is -2.24. The fourth-order valence-electron chi connectivity index (χ4n) is 1.22. The van der Waals surface area contributed by atoms with Crippen LogP contribution in [0.5, 0.6) is 0 Å². The highest BCUT2D eigenvalue weighted by Gasteiger charge is 2.03. The first-order chi connectivity index (χ1) is 5.20. The minimum Gasteiger partial charge on any atom is -0.330 e. The molecule has 0 radical (unpaired) electrons. The number of hydrogen-bond donors (Lipinski definition) is 1. The van der Waals surface area contributed by atoms with Gasteiger partial charge in [-0.2, -0.15) is 0 Å². The summed E-state index contributed by atoms with van der Waals surface area (Å²) in [5.74, 6) is 0.795. The maximum Gasteiger partial charge on any atom is 0.000386 e. The van der Waals surface area contributed by atoms with Crippen molar-refractivity contribution in [3.63, 3.8) is 0 Å². The third-order valence-corrected chi connectivity index (χ3v) is 2.06. The van der Waals surface area contributed by atoms with E-state index < -0.39 is 0 Å². The minimum atomic E-state index is 0.795. The van der Waals surface area contributed by atoms with Crippen LogP contribution in [0.25, 0.3) is 0 Å². The van der Waals surface area contributed by atoms with Gasteiger partial charge in [0.1, 0.15) is 0 Å². The number of rotatable bonds is 6. The standard InChI is InChI=1S/C9H22N2/c1-4-11(3)8-9(2)6-5-7-10/h9H,4-8,10H2,1-3H3. The maximum absolute atomic E-state index is 5.43. The Labute approximate surface area is 70.8 Å². The molecule has 0 heterocycles. The van der Waals surface area contributed by atoms with Gasteiger partial charge in [-0.15, -0.1) is 0 Å². The Hall–Kier alpha value is -0.0800. The predicted octanol–water partition coefficient (Wildman–Crippen LogP) is 1.31. The zero-order valence-electron chi connectivity index (χ0n) is 8.14. The van der Waals surface area contributed by atoms with Crippen molar-refractivity contribution in [2.24, 2.45) is 11.7 Å². The summed E-state index contributed by atoms with van der Waals surface area (Å²) in [5.41, 5.74) is 5.43. The highest BCUT2D eigenvalue weighted by atomic mass is 15.1. The molecule has 2 nitrogen and oxygen atoms in total. The maximum atomic E-state index is 5.43. The smallest absolute Gasteiger partial charge is 0.000386 e. The van der Waals surface area contributed by atoms with Crippen molar-refractivity contribution in [3.8, 4) is 0 Å². The molecule has 2 N–H and O–H groups in total. The van der Waals surface area contributed by atoms with Crippen molar-refractivity contribution in [2.45, 2.75) is 26.7 Å². The largest absolute Gasteiger partial charge is 0.330 e. The van der Waals surface area contributed by atoms with Crippen molar-refractivity contribution in [2.75, 3.05) is 26.7 Å². The van der Waals surface area contributed by atoms with E-state index in [4.69, 9.17) is 5.73 Å².